The number of nitrogens with two attached hydrogens (primary N) is 1. The Bertz CT molecular complexity index is 858. The molecule has 5 nitrogen and oxygen atoms in total. The normalized spacial score (nSPS) is 15.1. The number of halogens is 2. The number of rotatable bonds is 7. The van der Waals surface area contributed by atoms with E-state index in [1.54, 1.807) is 6.08 Å². The van der Waals surface area contributed by atoms with Crippen molar-refractivity contribution in [2.24, 2.45) is 11.7 Å². The average molecular weight is 386 g/mol. The molecule has 1 aromatic heterocycles. The Kier molecular flexibility index (Phi) is 6.04. The summed E-state index contributed by atoms with van der Waals surface area (Å²) in [5, 5.41) is 2.83. The van der Waals surface area contributed by atoms with Gasteiger partial charge in [-0.05, 0) is 31.0 Å². The zero-order valence-electron chi connectivity index (χ0n) is 15.8. The third-order valence-electron chi connectivity index (χ3n) is 4.94. The summed E-state index contributed by atoms with van der Waals surface area (Å²) in [6.07, 6.45) is 5.37. The molecule has 1 aliphatic rings. The second-order valence-corrected chi connectivity index (χ2v) is 7.10. The smallest absolute Gasteiger partial charge is 0.254 e. The lowest BCUT2D eigenvalue weighted by Crippen LogP contribution is -2.54. The summed E-state index contributed by atoms with van der Waals surface area (Å²) in [6, 6.07) is 3.33. The minimum Gasteiger partial charge on any atom is -0.369 e. The summed E-state index contributed by atoms with van der Waals surface area (Å²) in [5.74, 6) is -1.35. The number of carbonyl (C=O) groups is 1. The molecule has 0 saturated carbocycles. The van der Waals surface area contributed by atoms with Crippen molar-refractivity contribution in [3.8, 4) is 11.1 Å². The van der Waals surface area contributed by atoms with Gasteiger partial charge in [-0.3, -0.25) is 9.78 Å². The molecule has 148 valence electrons. The molecular formula is C21H24F2N4O. The predicted molar refractivity (Wildman–Crippen MR) is 106 cm³/mol. The molecule has 0 aliphatic carbocycles. The van der Waals surface area contributed by atoms with Crippen LogP contribution in [0.5, 0.6) is 0 Å². The van der Waals surface area contributed by atoms with Gasteiger partial charge in [0.1, 0.15) is 11.6 Å². The van der Waals surface area contributed by atoms with Crippen molar-refractivity contribution in [1.29, 1.82) is 0 Å². The lowest BCUT2D eigenvalue weighted by atomic mass is 9.90. The van der Waals surface area contributed by atoms with Gasteiger partial charge in [-0.15, -0.1) is 6.58 Å². The highest BCUT2D eigenvalue weighted by molar-refractivity contribution is 6.03. The van der Waals surface area contributed by atoms with E-state index in [4.69, 9.17) is 5.73 Å². The van der Waals surface area contributed by atoms with Crippen LogP contribution < -0.4 is 16.0 Å². The highest BCUT2D eigenvalue weighted by atomic mass is 19.1. The number of anilines is 1. The van der Waals surface area contributed by atoms with Gasteiger partial charge in [-0.2, -0.15) is 0 Å². The number of benzene rings is 1. The number of pyridine rings is 1. The molecule has 3 N–H and O–H groups in total. The predicted octanol–water partition coefficient (Wildman–Crippen LogP) is 3.12. The first-order chi connectivity index (χ1) is 13.4. The third-order valence-corrected chi connectivity index (χ3v) is 4.94. The number of aromatic nitrogens is 1. The molecule has 1 saturated heterocycles. The van der Waals surface area contributed by atoms with Gasteiger partial charge in [0, 0.05) is 55.6 Å². The molecule has 28 heavy (non-hydrogen) atoms. The van der Waals surface area contributed by atoms with Crippen molar-refractivity contribution in [3.05, 3.63) is 60.4 Å². The van der Waals surface area contributed by atoms with Gasteiger partial charge in [-0.25, -0.2) is 8.78 Å². The molecule has 1 fully saturated rings. The summed E-state index contributed by atoms with van der Waals surface area (Å²) in [6.45, 7) is 7.36. The fourth-order valence-corrected chi connectivity index (χ4v) is 3.29. The Morgan fingerprint density at radius 3 is 2.64 bits per heavy atom. The van der Waals surface area contributed by atoms with Crippen molar-refractivity contribution < 1.29 is 13.6 Å². The quantitative estimate of drug-likeness (QED) is 0.567. The van der Waals surface area contributed by atoms with Crippen LogP contribution in [0.2, 0.25) is 0 Å². The molecule has 1 unspecified atom stereocenters. The average Bonchev–Trinajstić information content (AvgIpc) is 2.59. The van der Waals surface area contributed by atoms with Crippen LogP contribution in [0.15, 0.2) is 43.2 Å². The number of nitrogens with one attached hydrogen (secondary N) is 1. The highest BCUT2D eigenvalue weighted by Gasteiger charge is 2.33. The van der Waals surface area contributed by atoms with E-state index >= 15 is 0 Å². The van der Waals surface area contributed by atoms with E-state index in [-0.39, 0.29) is 11.9 Å². The zero-order chi connectivity index (χ0) is 20.3. The van der Waals surface area contributed by atoms with Crippen LogP contribution in [0.25, 0.3) is 11.1 Å². The van der Waals surface area contributed by atoms with E-state index in [0.29, 0.717) is 54.4 Å². The maximum atomic E-state index is 13.8. The van der Waals surface area contributed by atoms with Gasteiger partial charge in [0.15, 0.2) is 0 Å². The second-order valence-electron chi connectivity index (χ2n) is 7.10. The molecule has 1 atom stereocenters. The fourth-order valence-electron chi connectivity index (χ4n) is 3.29. The van der Waals surface area contributed by atoms with Crippen LogP contribution in [-0.4, -0.2) is 36.6 Å². The first kappa shape index (κ1) is 19.9. The van der Waals surface area contributed by atoms with E-state index < -0.39 is 11.6 Å². The number of hydrogen-bond donors (Lipinski definition) is 2. The zero-order valence-corrected chi connectivity index (χ0v) is 15.8. The first-order valence-electron chi connectivity index (χ1n) is 9.24. The molecule has 0 bridgehead atoms. The third kappa shape index (κ3) is 4.20. The minimum absolute atomic E-state index is 0.0259. The standard InChI is InChI=1S/C21H24F2N4O/c1-3-4-5-26-21(28)19-10-25-9-18(14-6-16(22)8-17(23)7-14)20(19)27-11-15(12-27)13(2)24/h3,6-10,13,15H,1,4-5,11-12,24H2,2H3,(H,26,28). The molecule has 0 radical (unpaired) electrons. The van der Waals surface area contributed by atoms with Gasteiger partial charge < -0.3 is 16.0 Å². The lowest BCUT2D eigenvalue weighted by Gasteiger charge is -2.44. The van der Waals surface area contributed by atoms with E-state index in [0.717, 1.165) is 6.07 Å². The molecule has 1 aromatic carbocycles. The van der Waals surface area contributed by atoms with E-state index in [1.165, 1.54) is 24.5 Å². The minimum atomic E-state index is -0.682. The van der Waals surface area contributed by atoms with Crippen molar-refractivity contribution in [1.82, 2.24) is 10.3 Å². The maximum absolute atomic E-state index is 13.8. The molecule has 2 heterocycles. The Morgan fingerprint density at radius 1 is 1.36 bits per heavy atom. The van der Waals surface area contributed by atoms with E-state index in [1.807, 2.05) is 11.8 Å². The van der Waals surface area contributed by atoms with Crippen molar-refractivity contribution in [3.63, 3.8) is 0 Å². The number of hydrogen-bond acceptors (Lipinski definition) is 4. The largest absolute Gasteiger partial charge is 0.369 e. The Hall–Kier alpha value is -2.80. The van der Waals surface area contributed by atoms with Crippen LogP contribution in [0.4, 0.5) is 14.5 Å². The second kappa shape index (κ2) is 8.48. The van der Waals surface area contributed by atoms with Crippen LogP contribution in [0.3, 0.4) is 0 Å². The summed E-state index contributed by atoms with van der Waals surface area (Å²) in [4.78, 5) is 18.9. The van der Waals surface area contributed by atoms with Gasteiger partial charge in [-0.1, -0.05) is 6.08 Å². The summed E-state index contributed by atoms with van der Waals surface area (Å²) < 4.78 is 27.6. The van der Waals surface area contributed by atoms with Crippen LogP contribution in [0.1, 0.15) is 23.7 Å². The monoisotopic (exact) mass is 386 g/mol. The molecule has 0 spiro atoms. The lowest BCUT2D eigenvalue weighted by molar-refractivity contribution is 0.0954. The number of nitrogens with zero attached hydrogens (tertiary/aromatic N) is 2. The van der Waals surface area contributed by atoms with E-state index in [9.17, 15) is 13.6 Å². The van der Waals surface area contributed by atoms with Crippen LogP contribution in [-0.2, 0) is 0 Å². The van der Waals surface area contributed by atoms with Crippen LogP contribution >= 0.6 is 0 Å². The summed E-state index contributed by atoms with van der Waals surface area (Å²) in [7, 11) is 0. The maximum Gasteiger partial charge on any atom is 0.254 e. The Morgan fingerprint density at radius 2 is 2.04 bits per heavy atom. The number of carbonyl (C=O) groups excluding carboxylic acids is 1. The van der Waals surface area contributed by atoms with Gasteiger partial charge in [0.05, 0.1) is 11.3 Å². The van der Waals surface area contributed by atoms with Crippen molar-refractivity contribution >= 4 is 11.6 Å². The molecule has 1 aliphatic heterocycles. The Labute approximate surface area is 163 Å². The first-order valence-corrected chi connectivity index (χ1v) is 9.24. The Balaban J connectivity index is 2.02. The fraction of sp³-hybridized carbons (Fsp3) is 0.333. The molecule has 3 rings (SSSR count). The summed E-state index contributed by atoms with van der Waals surface area (Å²) in [5.41, 5.74) is 7.82. The number of amides is 1. The highest BCUT2D eigenvalue weighted by Crippen LogP contribution is 2.38. The molecule has 7 heteroatoms. The molecule has 1 amide bonds. The van der Waals surface area contributed by atoms with Crippen molar-refractivity contribution in [2.75, 3.05) is 24.5 Å². The molecule has 2 aromatic rings. The van der Waals surface area contributed by atoms with Gasteiger partial charge in [0.2, 0.25) is 0 Å². The van der Waals surface area contributed by atoms with Crippen LogP contribution in [0, 0.1) is 17.6 Å². The summed E-state index contributed by atoms with van der Waals surface area (Å²) >= 11 is 0. The topological polar surface area (TPSA) is 71.2 Å². The van der Waals surface area contributed by atoms with E-state index in [2.05, 4.69) is 16.9 Å². The SMILES string of the molecule is C=CCCNC(=O)c1cncc(-c2cc(F)cc(F)c2)c1N1CC(C(C)N)C1. The molecular weight excluding hydrogens is 362 g/mol. The van der Waals surface area contributed by atoms with Gasteiger partial charge >= 0.3 is 0 Å². The van der Waals surface area contributed by atoms with Gasteiger partial charge in [0.25, 0.3) is 5.91 Å². The van der Waals surface area contributed by atoms with Crippen molar-refractivity contribution in [2.45, 2.75) is 19.4 Å².